The lowest BCUT2D eigenvalue weighted by atomic mass is 9.33. The first-order valence-electron chi connectivity index (χ1n) is 29.8. The van der Waals surface area contributed by atoms with Gasteiger partial charge in [-0.2, -0.15) is 0 Å². The van der Waals surface area contributed by atoms with Crippen LogP contribution in [0.25, 0.3) is 88.0 Å². The Labute approximate surface area is 475 Å². The van der Waals surface area contributed by atoms with Crippen LogP contribution in [0, 0.1) is 0 Å². The fourth-order valence-corrected chi connectivity index (χ4v) is 15.8. The third-order valence-corrected chi connectivity index (χ3v) is 19.6. The second kappa shape index (κ2) is 15.3. The zero-order chi connectivity index (χ0) is 56.2. The molecule has 80 heavy (non-hydrogen) atoms. The zero-order valence-electron chi connectivity index (χ0n) is 50.8. The summed E-state index contributed by atoms with van der Waals surface area (Å²) in [6.45, 7) is 43.6. The Kier molecular flexibility index (Phi) is 9.52. The Morgan fingerprint density at radius 2 is 0.850 bits per heavy atom. The number of fused-ring (bicyclic) bond motifs is 15. The van der Waals surface area contributed by atoms with Crippen molar-refractivity contribution in [3.05, 3.63) is 195 Å². The molecular weight excluding hydrogens is 964 g/mol. The molecule has 0 N–H and O–H groups in total. The molecule has 0 unspecified atom stereocenters. The number of rotatable bonds is 1. The van der Waals surface area contributed by atoms with Gasteiger partial charge in [0.25, 0.3) is 6.71 Å². The van der Waals surface area contributed by atoms with Gasteiger partial charge in [-0.05, 0) is 168 Å². The molecule has 15 rings (SSSR count). The van der Waals surface area contributed by atoms with Crippen LogP contribution in [0.3, 0.4) is 0 Å². The maximum absolute atomic E-state index is 2.84. The summed E-state index contributed by atoms with van der Waals surface area (Å²) in [5, 5.41) is 8.03. The fraction of sp³-hybridized carbons (Fsp3) is 0.325. The topological polar surface area (TPSA) is 9.86 Å². The molecule has 0 saturated carbocycles. The van der Waals surface area contributed by atoms with E-state index in [2.05, 4.69) is 273 Å². The van der Waals surface area contributed by atoms with E-state index in [0.29, 0.717) is 0 Å². The van der Waals surface area contributed by atoms with Crippen LogP contribution < -0.4 is 16.4 Å². The predicted octanol–water partition coefficient (Wildman–Crippen LogP) is 18.3. The van der Waals surface area contributed by atoms with E-state index in [4.69, 9.17) is 0 Å². The van der Waals surface area contributed by atoms with Gasteiger partial charge in [0.15, 0.2) is 0 Å². The summed E-state index contributed by atoms with van der Waals surface area (Å²) in [6.07, 6.45) is 0. The van der Waals surface area contributed by atoms with Crippen molar-refractivity contribution in [3.8, 4) is 33.6 Å². The summed E-state index contributed by atoms with van der Waals surface area (Å²) in [5.41, 5.74) is 30.2. The molecule has 3 heteroatoms. The highest BCUT2D eigenvalue weighted by Crippen LogP contribution is 2.63. The average Bonchev–Trinajstić information content (AvgIpc) is 2.32. The lowest BCUT2D eigenvalue weighted by molar-refractivity contribution is 0.532. The van der Waals surface area contributed by atoms with Crippen molar-refractivity contribution < 1.29 is 0 Å². The molecule has 398 valence electrons. The van der Waals surface area contributed by atoms with Crippen molar-refractivity contribution in [1.82, 2.24) is 9.13 Å². The highest BCUT2D eigenvalue weighted by Gasteiger charge is 2.56. The molecule has 3 aliphatic heterocycles. The van der Waals surface area contributed by atoms with Crippen LogP contribution in [0.5, 0.6) is 0 Å². The van der Waals surface area contributed by atoms with E-state index in [-0.39, 0.29) is 39.2 Å². The first kappa shape index (κ1) is 49.9. The van der Waals surface area contributed by atoms with Crippen molar-refractivity contribution in [1.29, 1.82) is 0 Å². The fourth-order valence-electron chi connectivity index (χ4n) is 15.8. The van der Waals surface area contributed by atoms with E-state index in [1.807, 2.05) is 0 Å². The minimum absolute atomic E-state index is 0.0366. The van der Waals surface area contributed by atoms with Crippen LogP contribution in [-0.4, -0.2) is 15.8 Å². The summed E-state index contributed by atoms with van der Waals surface area (Å²) in [6, 6.07) is 57.0. The molecule has 2 nitrogen and oxygen atoms in total. The van der Waals surface area contributed by atoms with E-state index in [1.54, 1.807) is 0 Å². The van der Waals surface area contributed by atoms with Gasteiger partial charge in [-0.25, -0.2) is 0 Å². The molecule has 1 spiro atoms. The Balaban J connectivity index is 1.30. The average molecular weight is 1040 g/mol. The van der Waals surface area contributed by atoms with Crippen molar-refractivity contribution >= 4 is 77.5 Å². The molecule has 4 aliphatic rings. The molecule has 0 amide bonds. The molecule has 5 heterocycles. The summed E-state index contributed by atoms with van der Waals surface area (Å²) in [7, 11) is 0. The van der Waals surface area contributed by atoms with Gasteiger partial charge < -0.3 is 9.13 Å². The maximum atomic E-state index is 2.84. The molecule has 0 radical (unpaired) electrons. The normalized spacial score (nSPS) is 15.2. The lowest BCUT2D eigenvalue weighted by Gasteiger charge is -2.45. The molecule has 1 aliphatic carbocycles. The molecule has 11 aromatic rings. The van der Waals surface area contributed by atoms with E-state index < -0.39 is 5.41 Å². The summed E-state index contributed by atoms with van der Waals surface area (Å²) < 4.78 is 5.65. The van der Waals surface area contributed by atoms with E-state index in [0.717, 1.165) is 0 Å². The molecule has 0 fully saturated rings. The number of nitrogens with zero attached hydrogens (tertiary/aromatic N) is 2. The number of aromatic nitrogens is 2. The quantitative estimate of drug-likeness (QED) is 0.145. The van der Waals surface area contributed by atoms with Gasteiger partial charge in [0.1, 0.15) is 0 Å². The second-order valence-electron chi connectivity index (χ2n) is 31.0. The van der Waals surface area contributed by atoms with Gasteiger partial charge in [-0.15, -0.1) is 0 Å². The van der Waals surface area contributed by atoms with Crippen LogP contribution in [-0.2, 0) is 37.9 Å². The monoisotopic (exact) mass is 1040 g/mol. The minimum Gasteiger partial charge on any atom is -0.310 e. The minimum atomic E-state index is -0.659. The highest BCUT2D eigenvalue weighted by molar-refractivity contribution is 7.00. The molecule has 9 aromatic carbocycles. The zero-order valence-corrected chi connectivity index (χ0v) is 50.8. The third kappa shape index (κ3) is 6.28. The van der Waals surface area contributed by atoms with Crippen molar-refractivity contribution in [2.45, 2.75) is 163 Å². The van der Waals surface area contributed by atoms with Crippen LogP contribution in [0.1, 0.15) is 180 Å². The molecule has 0 atom stereocenters. The van der Waals surface area contributed by atoms with Crippen LogP contribution in [0.2, 0.25) is 0 Å². The van der Waals surface area contributed by atoms with E-state index >= 15 is 0 Å². The third-order valence-electron chi connectivity index (χ3n) is 19.6. The highest BCUT2D eigenvalue weighted by atomic mass is 15.1. The second-order valence-corrected chi connectivity index (χ2v) is 31.0. The van der Waals surface area contributed by atoms with E-state index in [9.17, 15) is 0 Å². The van der Waals surface area contributed by atoms with Crippen molar-refractivity contribution in [2.75, 3.05) is 0 Å². The molecular formula is C77H77BN2. The Hall–Kier alpha value is -7.10. The summed E-state index contributed by atoms with van der Waals surface area (Å²) in [5.74, 6) is 0. The summed E-state index contributed by atoms with van der Waals surface area (Å²) >= 11 is 0. The Morgan fingerprint density at radius 3 is 1.41 bits per heavy atom. The van der Waals surface area contributed by atoms with Gasteiger partial charge in [0.2, 0.25) is 0 Å². The van der Waals surface area contributed by atoms with Gasteiger partial charge in [-0.3, -0.25) is 0 Å². The van der Waals surface area contributed by atoms with Gasteiger partial charge in [0.05, 0.1) is 22.1 Å². The number of hydrogen-bond donors (Lipinski definition) is 0. The van der Waals surface area contributed by atoms with Gasteiger partial charge in [0, 0.05) is 43.8 Å². The Morgan fingerprint density at radius 1 is 0.350 bits per heavy atom. The SMILES string of the molecule is CC(C)(C)c1ccc2c(c1)c1cc(C(C)(C)C)cc3c1n2-c1c(-c2c(C(C)(C)C)c(C(C)(C)C)cc4ccccc24)cc2c4c1B3c1cc(C(C)(C)C)cc3c5cc(C(C)(C)C)cc(c5n-4c13)C21c2ccccc2-c2ccccc21. The first-order valence-corrected chi connectivity index (χ1v) is 29.8. The van der Waals surface area contributed by atoms with Gasteiger partial charge >= 0.3 is 0 Å². The van der Waals surface area contributed by atoms with Crippen molar-refractivity contribution in [3.63, 3.8) is 0 Å². The van der Waals surface area contributed by atoms with E-state index in [1.165, 1.54) is 160 Å². The number of benzene rings is 9. The maximum Gasteiger partial charge on any atom is 0.252 e. The molecule has 0 bridgehead atoms. The van der Waals surface area contributed by atoms with Crippen molar-refractivity contribution in [2.24, 2.45) is 0 Å². The predicted molar refractivity (Wildman–Crippen MR) is 346 cm³/mol. The first-order chi connectivity index (χ1) is 37.5. The lowest BCUT2D eigenvalue weighted by Crippen LogP contribution is -2.61. The van der Waals surface area contributed by atoms with Crippen LogP contribution in [0.15, 0.2) is 140 Å². The largest absolute Gasteiger partial charge is 0.310 e. The molecule has 0 saturated heterocycles. The standard InChI is InChI=1S/C77H77BN2/c1-71(2,3)43-31-32-62-50(34-43)51-36-45(73(7,8)9)39-60-67(51)79(62)69-54(63-47-26-20-19-25-42(47)33-57(75(13,14)15)64(63)76(16,17)18)41-59-70-65(69)78(60)61-40-46(74(10,11)12)37-53-52-35-44(72(4,5)6)38-58(66(52)80(70)68(53)61)77(59)55-29-23-21-27-48(55)49-28-22-24-30-56(49)77/h19-41H,1-18H3. The van der Waals surface area contributed by atoms with Crippen LogP contribution in [0.4, 0.5) is 0 Å². The number of hydrogen-bond acceptors (Lipinski definition) is 0. The molecule has 2 aromatic heterocycles. The smallest absolute Gasteiger partial charge is 0.252 e. The summed E-state index contributed by atoms with van der Waals surface area (Å²) in [4.78, 5) is 0. The van der Waals surface area contributed by atoms with Gasteiger partial charge in [-0.1, -0.05) is 228 Å². The van der Waals surface area contributed by atoms with Crippen LogP contribution >= 0.6 is 0 Å². The Bertz CT molecular complexity index is 4590.